The van der Waals surface area contributed by atoms with Crippen molar-refractivity contribution in [3.63, 3.8) is 0 Å². The first-order valence-corrected chi connectivity index (χ1v) is 4.77. The van der Waals surface area contributed by atoms with Gasteiger partial charge in [0.1, 0.15) is 10.7 Å². The summed E-state index contributed by atoms with van der Waals surface area (Å²) in [6.07, 6.45) is 0. The molecule has 0 fully saturated rings. The summed E-state index contributed by atoms with van der Waals surface area (Å²) in [5.41, 5.74) is 6.39. The van der Waals surface area contributed by atoms with Gasteiger partial charge in [-0.25, -0.2) is 0 Å². The molecule has 64 valence electrons. The Bertz CT molecular complexity index is 314. The molecule has 0 atom stereocenters. The van der Waals surface area contributed by atoms with Gasteiger partial charge in [0.2, 0.25) is 0 Å². The summed E-state index contributed by atoms with van der Waals surface area (Å²) < 4.78 is 6.05. The maximum atomic E-state index is 5.49. The van der Waals surface area contributed by atoms with E-state index < -0.39 is 0 Å². The van der Waals surface area contributed by atoms with E-state index in [1.54, 1.807) is 7.11 Å². The van der Waals surface area contributed by atoms with Gasteiger partial charge < -0.3 is 10.5 Å². The summed E-state index contributed by atoms with van der Waals surface area (Å²) in [4.78, 5) is 0.419. The third-order valence-corrected chi connectivity index (χ3v) is 2.55. The molecule has 1 aromatic rings. The van der Waals surface area contributed by atoms with Crippen LogP contribution >= 0.6 is 34.8 Å². The molecule has 1 aromatic carbocycles. The van der Waals surface area contributed by atoms with Crippen LogP contribution in [0.25, 0.3) is 0 Å². The first kappa shape index (κ1) is 9.73. The summed E-state index contributed by atoms with van der Waals surface area (Å²) in [6, 6.07) is 5.61. The minimum Gasteiger partial charge on any atom is -0.497 e. The predicted octanol–water partition coefficient (Wildman–Crippen LogP) is 1.93. The van der Waals surface area contributed by atoms with Crippen LogP contribution in [-0.2, 0) is 0 Å². The third-order valence-electron chi connectivity index (χ3n) is 1.44. The van der Waals surface area contributed by atoms with Gasteiger partial charge in [-0.3, -0.25) is 0 Å². The highest BCUT2D eigenvalue weighted by molar-refractivity contribution is 14.1. The molecule has 2 N–H and O–H groups in total. The monoisotopic (exact) mass is 293 g/mol. The van der Waals surface area contributed by atoms with Crippen molar-refractivity contribution in [1.29, 1.82) is 0 Å². The first-order chi connectivity index (χ1) is 5.65. The normalized spacial score (nSPS) is 9.50. The Morgan fingerprint density at radius 1 is 1.58 bits per heavy atom. The van der Waals surface area contributed by atoms with Gasteiger partial charge in [-0.2, -0.15) is 0 Å². The highest BCUT2D eigenvalue weighted by Gasteiger charge is 2.02. The molecule has 2 nitrogen and oxygen atoms in total. The smallest absolute Gasteiger partial charge is 0.119 e. The largest absolute Gasteiger partial charge is 0.497 e. The number of rotatable bonds is 2. The average molecular weight is 293 g/mol. The van der Waals surface area contributed by atoms with Crippen molar-refractivity contribution in [1.82, 2.24) is 0 Å². The Morgan fingerprint density at radius 2 is 2.25 bits per heavy atom. The Morgan fingerprint density at radius 3 is 2.67 bits per heavy atom. The van der Waals surface area contributed by atoms with Crippen LogP contribution in [0.5, 0.6) is 5.75 Å². The first-order valence-electron chi connectivity index (χ1n) is 3.28. The SMILES string of the molecule is COc1ccc(C(N)=S)c(I)c1. The summed E-state index contributed by atoms with van der Waals surface area (Å²) in [7, 11) is 1.63. The molecule has 1 rings (SSSR count). The topological polar surface area (TPSA) is 35.2 Å². The molecular weight excluding hydrogens is 285 g/mol. The minimum absolute atomic E-state index is 0.419. The van der Waals surface area contributed by atoms with Gasteiger partial charge in [0.05, 0.1) is 7.11 Å². The molecule has 0 amide bonds. The van der Waals surface area contributed by atoms with E-state index in [0.717, 1.165) is 14.9 Å². The second kappa shape index (κ2) is 4.04. The van der Waals surface area contributed by atoms with E-state index in [-0.39, 0.29) is 0 Å². The maximum Gasteiger partial charge on any atom is 0.119 e. The lowest BCUT2D eigenvalue weighted by Gasteiger charge is -2.04. The standard InChI is InChI=1S/C8H8INOS/c1-11-5-2-3-6(8(10)12)7(9)4-5/h2-4H,1H3,(H2,10,12). The third kappa shape index (κ3) is 2.07. The van der Waals surface area contributed by atoms with Gasteiger partial charge in [-0.05, 0) is 40.8 Å². The lowest BCUT2D eigenvalue weighted by atomic mass is 10.2. The quantitative estimate of drug-likeness (QED) is 0.668. The zero-order chi connectivity index (χ0) is 9.14. The Hall–Kier alpha value is -0.360. The van der Waals surface area contributed by atoms with Gasteiger partial charge in [0.25, 0.3) is 0 Å². The van der Waals surface area contributed by atoms with Crippen LogP contribution in [0.2, 0.25) is 0 Å². The fraction of sp³-hybridized carbons (Fsp3) is 0.125. The fourth-order valence-electron chi connectivity index (χ4n) is 0.823. The van der Waals surface area contributed by atoms with Crippen LogP contribution in [-0.4, -0.2) is 12.1 Å². The molecule has 0 saturated carbocycles. The van der Waals surface area contributed by atoms with Gasteiger partial charge in [-0.15, -0.1) is 0 Å². The average Bonchev–Trinajstić information content (AvgIpc) is 2.03. The molecule has 0 aromatic heterocycles. The number of methoxy groups -OCH3 is 1. The van der Waals surface area contributed by atoms with Crippen molar-refractivity contribution in [3.8, 4) is 5.75 Å². The van der Waals surface area contributed by atoms with Crippen molar-refractivity contribution < 1.29 is 4.74 Å². The van der Waals surface area contributed by atoms with Gasteiger partial charge in [0, 0.05) is 9.13 Å². The van der Waals surface area contributed by atoms with Crippen molar-refractivity contribution in [2.45, 2.75) is 0 Å². The van der Waals surface area contributed by atoms with E-state index in [1.165, 1.54) is 0 Å². The molecule has 0 aliphatic heterocycles. The molecule has 0 aliphatic carbocycles. The van der Waals surface area contributed by atoms with Crippen molar-refractivity contribution in [2.75, 3.05) is 7.11 Å². The number of ether oxygens (including phenoxy) is 1. The highest BCUT2D eigenvalue weighted by atomic mass is 127. The van der Waals surface area contributed by atoms with E-state index in [0.29, 0.717) is 4.99 Å². The molecule has 0 saturated heterocycles. The second-order valence-corrected chi connectivity index (χ2v) is 3.81. The highest BCUT2D eigenvalue weighted by Crippen LogP contribution is 2.19. The molecule has 4 heteroatoms. The molecule has 0 heterocycles. The Labute approximate surface area is 90.2 Å². The van der Waals surface area contributed by atoms with Gasteiger partial charge in [-0.1, -0.05) is 12.2 Å². The Balaban J connectivity index is 3.12. The number of hydrogen-bond donors (Lipinski definition) is 1. The van der Waals surface area contributed by atoms with Crippen LogP contribution in [0.15, 0.2) is 18.2 Å². The van der Waals surface area contributed by atoms with Gasteiger partial charge in [0.15, 0.2) is 0 Å². The second-order valence-electron chi connectivity index (χ2n) is 2.21. The maximum absolute atomic E-state index is 5.49. The Kier molecular flexibility index (Phi) is 3.28. The molecule has 0 spiro atoms. The molecule has 12 heavy (non-hydrogen) atoms. The summed E-state index contributed by atoms with van der Waals surface area (Å²) >= 11 is 7.04. The number of halogens is 1. The number of benzene rings is 1. The number of thiocarbonyl (C=S) groups is 1. The van der Waals surface area contributed by atoms with Crippen molar-refractivity contribution in [2.24, 2.45) is 5.73 Å². The van der Waals surface area contributed by atoms with E-state index in [4.69, 9.17) is 22.7 Å². The van der Waals surface area contributed by atoms with E-state index in [9.17, 15) is 0 Å². The summed E-state index contributed by atoms with van der Waals surface area (Å²) in [5, 5.41) is 0. The fourth-order valence-corrected chi connectivity index (χ4v) is 1.96. The number of hydrogen-bond acceptors (Lipinski definition) is 2. The van der Waals surface area contributed by atoms with Crippen LogP contribution < -0.4 is 10.5 Å². The predicted molar refractivity (Wildman–Crippen MR) is 61.6 cm³/mol. The van der Waals surface area contributed by atoms with E-state index in [1.807, 2.05) is 18.2 Å². The molecule has 0 aliphatic rings. The van der Waals surface area contributed by atoms with E-state index >= 15 is 0 Å². The molecule has 0 bridgehead atoms. The summed E-state index contributed by atoms with van der Waals surface area (Å²) in [5.74, 6) is 0.819. The molecular formula is C8H8INOS. The van der Waals surface area contributed by atoms with Crippen LogP contribution in [0.1, 0.15) is 5.56 Å². The van der Waals surface area contributed by atoms with Crippen LogP contribution in [0, 0.1) is 3.57 Å². The van der Waals surface area contributed by atoms with Gasteiger partial charge >= 0.3 is 0 Å². The minimum atomic E-state index is 0.419. The summed E-state index contributed by atoms with van der Waals surface area (Å²) in [6.45, 7) is 0. The lowest BCUT2D eigenvalue weighted by molar-refractivity contribution is 0.414. The van der Waals surface area contributed by atoms with Crippen molar-refractivity contribution >= 4 is 39.8 Å². The van der Waals surface area contributed by atoms with Crippen molar-refractivity contribution in [3.05, 3.63) is 27.3 Å². The zero-order valence-corrected chi connectivity index (χ0v) is 9.48. The zero-order valence-electron chi connectivity index (χ0n) is 6.50. The van der Waals surface area contributed by atoms with E-state index in [2.05, 4.69) is 22.6 Å². The van der Waals surface area contributed by atoms with Crippen LogP contribution in [0.4, 0.5) is 0 Å². The lowest BCUT2D eigenvalue weighted by Crippen LogP contribution is -2.10. The molecule has 0 unspecified atom stereocenters. The number of nitrogens with two attached hydrogens (primary N) is 1. The van der Waals surface area contributed by atoms with Crippen LogP contribution in [0.3, 0.4) is 0 Å². The molecule has 0 radical (unpaired) electrons.